The number of anilines is 2. The smallest absolute Gasteiger partial charge is 0.387 e. The highest BCUT2D eigenvalue weighted by molar-refractivity contribution is 7.92. The number of rotatable bonds is 6. The highest BCUT2D eigenvalue weighted by Gasteiger charge is 2.29. The van der Waals surface area contributed by atoms with Crippen LogP contribution in [0.3, 0.4) is 0 Å². The molecule has 0 radical (unpaired) electrons. The fraction of sp³-hybridized carbons (Fsp3) is 0.174. The molecule has 0 fully saturated rings. The molecule has 0 aliphatic carbocycles. The molecule has 6 nitrogen and oxygen atoms in total. The van der Waals surface area contributed by atoms with E-state index in [-0.39, 0.29) is 21.9 Å². The fourth-order valence-electron chi connectivity index (χ4n) is 3.64. The van der Waals surface area contributed by atoms with Crippen molar-refractivity contribution in [2.45, 2.75) is 24.3 Å². The number of para-hydroxylation sites is 3. The largest absolute Gasteiger partial charge is 0.433 e. The number of alkyl halides is 2. The molecule has 1 aliphatic rings. The summed E-state index contributed by atoms with van der Waals surface area (Å²) in [6.07, 6.45) is 1.49. The highest BCUT2D eigenvalue weighted by atomic mass is 32.2. The molecule has 3 aromatic carbocycles. The number of sulfonamides is 1. The predicted octanol–water partition coefficient (Wildman–Crippen LogP) is 4.68. The summed E-state index contributed by atoms with van der Waals surface area (Å²) in [5.74, 6) is -0.837. The molecule has 0 aromatic heterocycles. The van der Waals surface area contributed by atoms with Crippen LogP contribution >= 0.6 is 0 Å². The third-order valence-corrected chi connectivity index (χ3v) is 6.91. The lowest BCUT2D eigenvalue weighted by Crippen LogP contribution is -2.35. The van der Waals surface area contributed by atoms with Gasteiger partial charge in [0.1, 0.15) is 5.75 Å². The molecule has 0 atom stereocenters. The van der Waals surface area contributed by atoms with Gasteiger partial charge in [0.05, 0.1) is 16.3 Å². The second-order valence-corrected chi connectivity index (χ2v) is 9.03. The number of halogens is 2. The van der Waals surface area contributed by atoms with Crippen LogP contribution in [0.2, 0.25) is 0 Å². The minimum absolute atomic E-state index is 0.0287. The van der Waals surface area contributed by atoms with Crippen molar-refractivity contribution in [1.82, 2.24) is 0 Å². The summed E-state index contributed by atoms with van der Waals surface area (Å²) in [6, 6.07) is 18.7. The van der Waals surface area contributed by atoms with Crippen LogP contribution in [0.25, 0.3) is 0 Å². The summed E-state index contributed by atoms with van der Waals surface area (Å²) in [5, 5.41) is 2.50. The number of aryl methyl sites for hydroxylation is 1. The van der Waals surface area contributed by atoms with Crippen molar-refractivity contribution < 1.29 is 26.7 Å². The first-order valence-electron chi connectivity index (χ1n) is 9.92. The molecule has 0 bridgehead atoms. The van der Waals surface area contributed by atoms with Crippen LogP contribution in [-0.4, -0.2) is 27.5 Å². The minimum atomic E-state index is -3.90. The third-order valence-electron chi connectivity index (χ3n) is 5.10. The average molecular weight is 458 g/mol. The van der Waals surface area contributed by atoms with Crippen LogP contribution in [0.15, 0.2) is 77.7 Å². The van der Waals surface area contributed by atoms with Crippen LogP contribution in [0.1, 0.15) is 22.3 Å². The van der Waals surface area contributed by atoms with E-state index in [1.165, 1.54) is 46.8 Å². The molecule has 1 amide bonds. The van der Waals surface area contributed by atoms with Crippen LogP contribution in [0, 0.1) is 0 Å². The zero-order valence-electron chi connectivity index (χ0n) is 16.9. The lowest BCUT2D eigenvalue weighted by molar-refractivity contribution is -0.0493. The van der Waals surface area contributed by atoms with Crippen LogP contribution < -0.4 is 14.4 Å². The van der Waals surface area contributed by atoms with Crippen molar-refractivity contribution in [3.8, 4) is 5.75 Å². The number of benzene rings is 3. The lowest BCUT2D eigenvalue weighted by Gasteiger charge is -2.30. The maximum atomic E-state index is 13.3. The molecule has 1 aliphatic heterocycles. The zero-order valence-corrected chi connectivity index (χ0v) is 17.7. The third kappa shape index (κ3) is 4.43. The minimum Gasteiger partial charge on any atom is -0.433 e. The van der Waals surface area contributed by atoms with E-state index in [9.17, 15) is 22.0 Å². The lowest BCUT2D eigenvalue weighted by atomic mass is 10.0. The summed E-state index contributed by atoms with van der Waals surface area (Å²) in [7, 11) is -3.90. The average Bonchev–Trinajstić information content (AvgIpc) is 2.79. The number of hydrogen-bond donors (Lipinski definition) is 1. The van der Waals surface area contributed by atoms with Gasteiger partial charge in [-0.25, -0.2) is 8.42 Å². The number of nitrogens with one attached hydrogen (secondary N) is 1. The number of hydrogen-bond acceptors (Lipinski definition) is 4. The SMILES string of the molecule is O=C(Nc1ccccc1OC(F)F)c1cccc(S(=O)(=O)N2CCCc3ccccc32)c1. The molecule has 1 heterocycles. The Hall–Kier alpha value is -3.46. The summed E-state index contributed by atoms with van der Waals surface area (Å²) >= 11 is 0. The number of fused-ring (bicyclic) bond motifs is 1. The molecule has 9 heteroatoms. The van der Waals surface area contributed by atoms with E-state index >= 15 is 0 Å². The van der Waals surface area contributed by atoms with E-state index in [1.54, 1.807) is 18.2 Å². The monoisotopic (exact) mass is 458 g/mol. The number of carbonyl (C=O) groups is 1. The van der Waals surface area contributed by atoms with Crippen molar-refractivity contribution in [3.05, 3.63) is 83.9 Å². The topological polar surface area (TPSA) is 75.7 Å². The summed E-state index contributed by atoms with van der Waals surface area (Å²) < 4.78 is 57.7. The second-order valence-electron chi connectivity index (χ2n) is 7.17. The molecule has 0 unspecified atom stereocenters. The van der Waals surface area contributed by atoms with Crippen LogP contribution in [0.4, 0.5) is 20.2 Å². The molecular weight excluding hydrogens is 438 g/mol. The predicted molar refractivity (Wildman–Crippen MR) is 117 cm³/mol. The first-order chi connectivity index (χ1) is 15.4. The molecule has 1 N–H and O–H groups in total. The Balaban J connectivity index is 1.61. The van der Waals surface area contributed by atoms with Crippen molar-refractivity contribution >= 4 is 27.3 Å². The molecule has 3 aromatic rings. The molecule has 0 spiro atoms. The first kappa shape index (κ1) is 21.8. The van der Waals surface area contributed by atoms with E-state index < -0.39 is 22.5 Å². The molecule has 0 saturated carbocycles. The van der Waals surface area contributed by atoms with E-state index in [0.717, 1.165) is 12.0 Å². The second kappa shape index (κ2) is 8.96. The van der Waals surface area contributed by atoms with Gasteiger partial charge < -0.3 is 10.1 Å². The number of amides is 1. The van der Waals surface area contributed by atoms with E-state index in [4.69, 9.17) is 0 Å². The van der Waals surface area contributed by atoms with Gasteiger partial charge in [-0.3, -0.25) is 9.10 Å². The van der Waals surface area contributed by atoms with Gasteiger partial charge in [0.2, 0.25) is 0 Å². The Bertz CT molecular complexity index is 1250. The zero-order chi connectivity index (χ0) is 22.7. The highest BCUT2D eigenvalue weighted by Crippen LogP contribution is 2.32. The Kier molecular flexibility index (Phi) is 6.09. The number of ether oxygens (including phenoxy) is 1. The molecule has 166 valence electrons. The van der Waals surface area contributed by atoms with E-state index in [1.807, 2.05) is 12.1 Å². The number of nitrogens with zero attached hydrogens (tertiary/aromatic N) is 1. The van der Waals surface area contributed by atoms with Crippen molar-refractivity contribution in [2.24, 2.45) is 0 Å². The molecule has 0 saturated heterocycles. The maximum absolute atomic E-state index is 13.3. The fourth-order valence-corrected chi connectivity index (χ4v) is 5.22. The Morgan fingerprint density at radius 1 is 1.00 bits per heavy atom. The van der Waals surface area contributed by atoms with Crippen LogP contribution in [0.5, 0.6) is 5.75 Å². The number of carbonyl (C=O) groups excluding carboxylic acids is 1. The van der Waals surface area contributed by atoms with Gasteiger partial charge >= 0.3 is 6.61 Å². The molecular formula is C23H20F2N2O4S. The summed E-state index contributed by atoms with van der Waals surface area (Å²) in [5.41, 5.74) is 1.71. The van der Waals surface area contributed by atoms with Gasteiger partial charge in [0.15, 0.2) is 0 Å². The Morgan fingerprint density at radius 3 is 2.56 bits per heavy atom. The van der Waals surface area contributed by atoms with Gasteiger partial charge in [0.25, 0.3) is 15.9 Å². The summed E-state index contributed by atoms with van der Waals surface area (Å²) in [4.78, 5) is 12.7. The van der Waals surface area contributed by atoms with Crippen molar-refractivity contribution in [1.29, 1.82) is 0 Å². The van der Waals surface area contributed by atoms with E-state index in [2.05, 4.69) is 10.1 Å². The normalized spacial score (nSPS) is 13.5. The maximum Gasteiger partial charge on any atom is 0.387 e. The quantitative estimate of drug-likeness (QED) is 0.582. The van der Waals surface area contributed by atoms with Crippen LogP contribution in [-0.2, 0) is 16.4 Å². The van der Waals surface area contributed by atoms with Gasteiger partial charge in [-0.1, -0.05) is 36.4 Å². The van der Waals surface area contributed by atoms with Gasteiger partial charge in [-0.2, -0.15) is 8.78 Å². The van der Waals surface area contributed by atoms with Gasteiger partial charge in [0, 0.05) is 12.1 Å². The van der Waals surface area contributed by atoms with Crippen molar-refractivity contribution in [3.63, 3.8) is 0 Å². The standard InChI is InChI=1S/C23H20F2N2O4S/c24-23(25)31-21-13-4-2-11-19(21)26-22(28)17-8-5-10-18(15-17)32(29,30)27-14-6-9-16-7-1-3-12-20(16)27/h1-5,7-8,10-13,15,23H,6,9,14H2,(H,26,28). The Labute approximate surface area is 184 Å². The van der Waals surface area contributed by atoms with Gasteiger partial charge in [-0.15, -0.1) is 0 Å². The summed E-state index contributed by atoms with van der Waals surface area (Å²) in [6.45, 7) is -2.71. The van der Waals surface area contributed by atoms with Gasteiger partial charge in [-0.05, 0) is 54.8 Å². The first-order valence-corrected chi connectivity index (χ1v) is 11.4. The molecule has 32 heavy (non-hydrogen) atoms. The van der Waals surface area contributed by atoms with Crippen molar-refractivity contribution in [2.75, 3.05) is 16.2 Å². The Morgan fingerprint density at radius 2 is 1.75 bits per heavy atom. The molecule has 4 rings (SSSR count). The van der Waals surface area contributed by atoms with E-state index in [0.29, 0.717) is 18.7 Å².